The van der Waals surface area contributed by atoms with Gasteiger partial charge in [0, 0.05) is 65.7 Å². The zero-order valence-electron chi connectivity index (χ0n) is 29.5. The molecule has 0 spiro atoms. The minimum Gasteiger partial charge on any atom is -0.378 e. The van der Waals surface area contributed by atoms with Gasteiger partial charge < -0.3 is 19.9 Å². The first-order valence-corrected chi connectivity index (χ1v) is 19.8. The Morgan fingerprint density at radius 1 is 1.02 bits per heavy atom. The number of ether oxygens (including phenoxy) is 1. The van der Waals surface area contributed by atoms with E-state index < -0.39 is 26.5 Å². The Kier molecular flexibility index (Phi) is 13.2. The number of sulfonamides is 1. The van der Waals surface area contributed by atoms with Crippen molar-refractivity contribution in [2.75, 3.05) is 56.8 Å². The van der Waals surface area contributed by atoms with Crippen molar-refractivity contribution < 1.29 is 22.9 Å². The van der Waals surface area contributed by atoms with Gasteiger partial charge in [-0.25, -0.2) is 13.1 Å². The van der Waals surface area contributed by atoms with Crippen molar-refractivity contribution in [2.45, 2.75) is 47.1 Å². The van der Waals surface area contributed by atoms with Crippen LogP contribution in [0.3, 0.4) is 0 Å². The van der Waals surface area contributed by atoms with Gasteiger partial charge in [-0.15, -0.1) is 11.8 Å². The smallest absolute Gasteiger partial charge is 0.293 e. The highest BCUT2D eigenvalue weighted by Crippen LogP contribution is 2.33. The van der Waals surface area contributed by atoms with Crippen LogP contribution in [0.25, 0.3) is 0 Å². The van der Waals surface area contributed by atoms with Crippen LogP contribution in [0, 0.1) is 10.1 Å². The van der Waals surface area contributed by atoms with Gasteiger partial charge in [-0.2, -0.15) is 0 Å². The summed E-state index contributed by atoms with van der Waals surface area (Å²) in [5, 5.41) is 16.1. The van der Waals surface area contributed by atoms with Crippen LogP contribution in [-0.2, 0) is 21.2 Å². The molecule has 4 aromatic rings. The van der Waals surface area contributed by atoms with Gasteiger partial charge in [-0.05, 0) is 106 Å². The maximum Gasteiger partial charge on any atom is 0.293 e. The molecular weight excluding hydrogens is 722 g/mol. The molecule has 0 unspecified atom stereocenters. The third-order valence-corrected chi connectivity index (χ3v) is 11.9. The molecule has 1 heterocycles. The van der Waals surface area contributed by atoms with Crippen molar-refractivity contribution in [1.82, 2.24) is 9.62 Å². The van der Waals surface area contributed by atoms with Crippen LogP contribution in [0.2, 0.25) is 5.02 Å². The number of nitrogens with one attached hydrogen (secondary N) is 2. The molecule has 14 heteroatoms. The molecule has 0 bridgehead atoms. The van der Waals surface area contributed by atoms with Crippen molar-refractivity contribution in [3.63, 3.8) is 0 Å². The molecule has 52 heavy (non-hydrogen) atoms. The zero-order chi connectivity index (χ0) is 37.3. The predicted molar refractivity (Wildman–Crippen MR) is 208 cm³/mol. The molecular formula is C38H44ClN5O6S2. The van der Waals surface area contributed by atoms with Gasteiger partial charge in [0.05, 0.1) is 15.4 Å². The number of thioether (sulfide) groups is 1. The Hall–Kier alpha value is -4.14. The second-order valence-electron chi connectivity index (χ2n) is 13.2. The van der Waals surface area contributed by atoms with Gasteiger partial charge in [0.15, 0.2) is 0 Å². The first kappa shape index (κ1) is 39.1. The molecule has 276 valence electrons. The van der Waals surface area contributed by atoms with E-state index >= 15 is 0 Å². The van der Waals surface area contributed by atoms with Gasteiger partial charge in [-0.1, -0.05) is 41.9 Å². The van der Waals surface area contributed by atoms with Gasteiger partial charge >= 0.3 is 0 Å². The average Bonchev–Trinajstić information content (AvgIpc) is 3.13. The van der Waals surface area contributed by atoms with E-state index in [0.717, 1.165) is 61.1 Å². The van der Waals surface area contributed by atoms with Crippen LogP contribution in [-0.4, -0.2) is 82.4 Å². The standard InChI is InChI=1S/C38H44ClN5O6S2/c1-42(2)21-18-31(27-51-33-10-5-4-6-11-33)40-35-17-16-34(25-36(35)44(46)47)52(48,49)41-37(45)29-12-14-32(15-13-29)43-22-19-38(50-3,20-23-43)26-28-8-7-9-30(39)24-28/h4-17,24-25,31,40H,18-23,26-27H2,1-3H3,(H,41,45)/t31-/m1/s1. The fourth-order valence-electron chi connectivity index (χ4n) is 6.20. The van der Waals surface area contributed by atoms with Gasteiger partial charge in [0.2, 0.25) is 0 Å². The number of halogens is 1. The number of methoxy groups -OCH3 is 1. The zero-order valence-corrected chi connectivity index (χ0v) is 31.8. The molecule has 1 aliphatic rings. The lowest BCUT2D eigenvalue weighted by molar-refractivity contribution is -0.384. The number of piperidine rings is 1. The van der Waals surface area contributed by atoms with E-state index in [0.29, 0.717) is 17.2 Å². The summed E-state index contributed by atoms with van der Waals surface area (Å²) in [5.41, 5.74) is 1.65. The first-order valence-electron chi connectivity index (χ1n) is 17.0. The molecule has 4 aromatic carbocycles. The Morgan fingerprint density at radius 2 is 1.73 bits per heavy atom. The highest BCUT2D eigenvalue weighted by molar-refractivity contribution is 7.99. The maximum atomic E-state index is 13.3. The number of benzene rings is 4. The van der Waals surface area contributed by atoms with E-state index in [1.54, 1.807) is 43.1 Å². The summed E-state index contributed by atoms with van der Waals surface area (Å²) in [7, 11) is 1.22. The van der Waals surface area contributed by atoms with Crippen LogP contribution in [0.1, 0.15) is 35.2 Å². The fraction of sp³-hybridized carbons (Fsp3) is 0.342. The quantitative estimate of drug-likeness (QED) is 0.0690. The van der Waals surface area contributed by atoms with Crippen LogP contribution >= 0.6 is 23.4 Å². The summed E-state index contributed by atoms with van der Waals surface area (Å²) >= 11 is 7.83. The van der Waals surface area contributed by atoms with Crippen LogP contribution in [0.4, 0.5) is 17.1 Å². The van der Waals surface area contributed by atoms with Crippen molar-refractivity contribution in [3.8, 4) is 0 Å². The average molecular weight is 766 g/mol. The Labute approximate surface area is 314 Å². The largest absolute Gasteiger partial charge is 0.378 e. The molecule has 1 amide bonds. The van der Waals surface area contributed by atoms with Crippen molar-refractivity contribution >= 4 is 56.4 Å². The van der Waals surface area contributed by atoms with Crippen LogP contribution in [0.5, 0.6) is 0 Å². The van der Waals surface area contributed by atoms with E-state index in [4.69, 9.17) is 16.3 Å². The highest BCUT2D eigenvalue weighted by atomic mass is 35.5. The van der Waals surface area contributed by atoms with E-state index in [1.807, 2.05) is 73.6 Å². The van der Waals surface area contributed by atoms with E-state index in [1.165, 1.54) is 12.1 Å². The molecule has 1 saturated heterocycles. The number of nitro benzene ring substituents is 1. The third-order valence-electron chi connectivity index (χ3n) is 9.20. The highest BCUT2D eigenvalue weighted by Gasteiger charge is 2.35. The van der Waals surface area contributed by atoms with E-state index in [9.17, 15) is 23.3 Å². The number of hydrogen-bond donors (Lipinski definition) is 2. The number of carbonyl (C=O) groups excluding carboxylic acids is 1. The molecule has 0 saturated carbocycles. The molecule has 1 fully saturated rings. The number of hydrogen-bond acceptors (Lipinski definition) is 10. The molecule has 1 atom stereocenters. The van der Waals surface area contributed by atoms with Crippen LogP contribution in [0.15, 0.2) is 107 Å². The van der Waals surface area contributed by atoms with E-state index in [-0.39, 0.29) is 27.8 Å². The van der Waals surface area contributed by atoms with E-state index in [2.05, 4.69) is 14.9 Å². The second-order valence-corrected chi connectivity index (χ2v) is 16.4. The number of anilines is 2. The predicted octanol–water partition coefficient (Wildman–Crippen LogP) is 7.12. The number of nitrogens with zero attached hydrogens (tertiary/aromatic N) is 3. The number of rotatable bonds is 16. The number of nitro groups is 1. The summed E-state index contributed by atoms with van der Waals surface area (Å²) in [6, 6.07) is 27.9. The van der Waals surface area contributed by atoms with Gasteiger partial charge in [-0.3, -0.25) is 14.9 Å². The summed E-state index contributed by atoms with van der Waals surface area (Å²) < 4.78 is 34.7. The molecule has 11 nitrogen and oxygen atoms in total. The lowest BCUT2D eigenvalue weighted by Gasteiger charge is -2.42. The SMILES string of the molecule is COC1(Cc2cccc(Cl)c2)CCN(c2ccc(C(=O)NS(=O)(=O)c3ccc(N[C@H](CCN(C)C)CSc4ccccc4)c([N+](=O)[O-])c3)cc2)CC1. The maximum absolute atomic E-state index is 13.3. The van der Waals surface area contributed by atoms with Crippen molar-refractivity contribution in [1.29, 1.82) is 0 Å². The van der Waals surface area contributed by atoms with Gasteiger partial charge in [0.25, 0.3) is 21.6 Å². The first-order chi connectivity index (χ1) is 24.9. The molecule has 2 N–H and O–H groups in total. The molecule has 0 aromatic heterocycles. The summed E-state index contributed by atoms with van der Waals surface area (Å²) in [4.78, 5) is 29.5. The van der Waals surface area contributed by atoms with Crippen LogP contribution < -0.4 is 14.9 Å². The lowest BCUT2D eigenvalue weighted by Crippen LogP contribution is -2.47. The van der Waals surface area contributed by atoms with Crippen molar-refractivity contribution in [3.05, 3.63) is 123 Å². The summed E-state index contributed by atoms with van der Waals surface area (Å²) in [5.74, 6) is -0.198. The third kappa shape index (κ3) is 10.5. The summed E-state index contributed by atoms with van der Waals surface area (Å²) in [6.45, 7) is 2.22. The minimum atomic E-state index is -4.43. The Balaban J connectivity index is 1.22. The monoisotopic (exact) mass is 765 g/mol. The molecule has 0 radical (unpaired) electrons. The number of amides is 1. The Morgan fingerprint density at radius 3 is 2.37 bits per heavy atom. The normalized spacial score (nSPS) is 14.9. The summed E-state index contributed by atoms with van der Waals surface area (Å²) in [6.07, 6.45) is 3.04. The lowest BCUT2D eigenvalue weighted by atomic mass is 9.85. The molecule has 1 aliphatic heterocycles. The minimum absolute atomic E-state index is 0.141. The Bertz CT molecular complexity index is 1940. The fourth-order valence-corrected chi connectivity index (χ4v) is 8.40. The molecule has 0 aliphatic carbocycles. The molecule has 5 rings (SSSR count). The van der Waals surface area contributed by atoms with Gasteiger partial charge in [0.1, 0.15) is 5.69 Å². The topological polar surface area (TPSA) is 134 Å². The number of carbonyl (C=O) groups is 1. The van der Waals surface area contributed by atoms with Crippen molar-refractivity contribution in [2.24, 2.45) is 0 Å². The second kappa shape index (κ2) is 17.6.